The Balaban J connectivity index is 1.74. The molecule has 0 aliphatic heterocycles. The zero-order chi connectivity index (χ0) is 16.4. The van der Waals surface area contributed by atoms with Crippen molar-refractivity contribution in [2.24, 2.45) is 0 Å². The molecule has 0 bridgehead atoms. The third-order valence-electron chi connectivity index (χ3n) is 3.30. The zero-order valence-corrected chi connectivity index (χ0v) is 14.0. The lowest BCUT2D eigenvalue weighted by molar-refractivity contribution is 0.0847. The molecule has 116 valence electrons. The van der Waals surface area contributed by atoms with Crippen LogP contribution in [0.2, 0.25) is 5.02 Å². The molecule has 1 heterocycles. The quantitative estimate of drug-likeness (QED) is 0.582. The monoisotopic (exact) mass is 391 g/mol. The smallest absolute Gasteiger partial charge is 0.271 e. The fraction of sp³-hybridized carbons (Fsp3) is 0. The molecule has 0 atom stereocenters. The number of carbonyl (C=O) groups excluding carboxylic acids is 2. The second-order valence-corrected chi connectivity index (χ2v) is 6.10. The molecular formula is C16H11BrClN3O2. The van der Waals surface area contributed by atoms with Crippen LogP contribution in [0.15, 0.2) is 53.1 Å². The van der Waals surface area contributed by atoms with Crippen LogP contribution in [0.25, 0.3) is 10.9 Å². The first-order valence-electron chi connectivity index (χ1n) is 6.68. The van der Waals surface area contributed by atoms with Gasteiger partial charge in [-0.05, 0) is 24.3 Å². The van der Waals surface area contributed by atoms with E-state index in [0.717, 1.165) is 15.4 Å². The third kappa shape index (κ3) is 3.23. The van der Waals surface area contributed by atoms with Crippen molar-refractivity contribution in [1.29, 1.82) is 0 Å². The van der Waals surface area contributed by atoms with Crippen LogP contribution in [0.4, 0.5) is 0 Å². The third-order valence-corrected chi connectivity index (χ3v) is 4.12. The van der Waals surface area contributed by atoms with Crippen molar-refractivity contribution >= 4 is 50.2 Å². The minimum Gasteiger partial charge on any atom is -0.360 e. The Morgan fingerprint density at radius 3 is 2.48 bits per heavy atom. The Labute approximate surface area is 145 Å². The van der Waals surface area contributed by atoms with Crippen LogP contribution in [0.5, 0.6) is 0 Å². The number of nitrogens with one attached hydrogen (secondary N) is 3. The van der Waals surface area contributed by atoms with Crippen LogP contribution in [0, 0.1) is 0 Å². The van der Waals surface area contributed by atoms with Gasteiger partial charge >= 0.3 is 0 Å². The molecule has 5 nitrogen and oxygen atoms in total. The summed E-state index contributed by atoms with van der Waals surface area (Å²) in [6.45, 7) is 0. The maximum Gasteiger partial charge on any atom is 0.271 e. The molecule has 0 fully saturated rings. The Morgan fingerprint density at radius 2 is 1.70 bits per heavy atom. The van der Waals surface area contributed by atoms with Crippen molar-refractivity contribution in [2.45, 2.75) is 0 Å². The van der Waals surface area contributed by atoms with Gasteiger partial charge in [-0.3, -0.25) is 20.4 Å². The summed E-state index contributed by atoms with van der Waals surface area (Å²) < 4.78 is 0.718. The van der Waals surface area contributed by atoms with Crippen molar-refractivity contribution < 1.29 is 9.59 Å². The summed E-state index contributed by atoms with van der Waals surface area (Å²) in [5.74, 6) is -0.911. The number of benzene rings is 2. The molecule has 3 rings (SSSR count). The molecule has 0 saturated carbocycles. The molecule has 7 heteroatoms. The van der Waals surface area contributed by atoms with Crippen LogP contribution in [0.1, 0.15) is 20.7 Å². The normalized spacial score (nSPS) is 10.5. The fourth-order valence-electron chi connectivity index (χ4n) is 2.18. The maximum absolute atomic E-state index is 12.2. The Morgan fingerprint density at radius 1 is 1.00 bits per heavy atom. The van der Waals surface area contributed by atoms with E-state index >= 15 is 0 Å². The first-order valence-corrected chi connectivity index (χ1v) is 7.85. The number of H-pyrrole nitrogens is 1. The molecule has 3 N–H and O–H groups in total. The van der Waals surface area contributed by atoms with Gasteiger partial charge in [0.05, 0.1) is 16.1 Å². The highest BCUT2D eigenvalue weighted by molar-refractivity contribution is 9.10. The molecule has 2 aromatic carbocycles. The Bertz CT molecular complexity index is 907. The highest BCUT2D eigenvalue weighted by Gasteiger charge is 2.15. The van der Waals surface area contributed by atoms with Gasteiger partial charge in [0, 0.05) is 21.6 Å². The van der Waals surface area contributed by atoms with E-state index in [2.05, 4.69) is 31.8 Å². The van der Waals surface area contributed by atoms with Crippen LogP contribution < -0.4 is 10.9 Å². The summed E-state index contributed by atoms with van der Waals surface area (Å²) in [6, 6.07) is 12.3. The maximum atomic E-state index is 12.2. The van der Waals surface area contributed by atoms with E-state index in [1.54, 1.807) is 24.4 Å². The average Bonchev–Trinajstić information content (AvgIpc) is 2.98. The van der Waals surface area contributed by atoms with Crippen molar-refractivity contribution in [3.8, 4) is 0 Å². The van der Waals surface area contributed by atoms with Gasteiger partial charge in [0.25, 0.3) is 11.8 Å². The van der Waals surface area contributed by atoms with Gasteiger partial charge in [0.2, 0.25) is 0 Å². The van der Waals surface area contributed by atoms with E-state index in [9.17, 15) is 9.59 Å². The topological polar surface area (TPSA) is 74.0 Å². The molecule has 23 heavy (non-hydrogen) atoms. The van der Waals surface area contributed by atoms with Crippen molar-refractivity contribution in [3.05, 3.63) is 69.3 Å². The number of aromatic amines is 1. The molecule has 1 aromatic heterocycles. The first-order chi connectivity index (χ1) is 11.1. The summed E-state index contributed by atoms with van der Waals surface area (Å²) in [5.41, 5.74) is 6.31. The molecule has 0 aliphatic carbocycles. The van der Waals surface area contributed by atoms with Gasteiger partial charge < -0.3 is 4.98 Å². The van der Waals surface area contributed by atoms with Gasteiger partial charge in [-0.25, -0.2) is 0 Å². The second-order valence-electron chi connectivity index (χ2n) is 4.78. The molecule has 2 amide bonds. The van der Waals surface area contributed by atoms with Gasteiger partial charge in [-0.2, -0.15) is 0 Å². The average molecular weight is 393 g/mol. The number of aromatic nitrogens is 1. The predicted octanol–water partition coefficient (Wildman–Crippen LogP) is 3.66. The number of carbonyl (C=O) groups is 2. The van der Waals surface area contributed by atoms with Gasteiger partial charge in [0.1, 0.15) is 0 Å². The summed E-state index contributed by atoms with van der Waals surface area (Å²) in [4.78, 5) is 27.3. The molecule has 0 radical (unpaired) electrons. The van der Waals surface area contributed by atoms with Crippen LogP contribution >= 0.6 is 27.5 Å². The summed E-state index contributed by atoms with van der Waals surface area (Å²) in [7, 11) is 0. The number of rotatable bonds is 2. The molecule has 0 aliphatic rings. The standard InChI is InChI=1S/C16H11BrClN3O2/c17-9-5-6-13(18)11(7-9)15(22)20-21-16(23)12-8-19-14-4-2-1-3-10(12)14/h1-8,19H,(H,20,22)(H,21,23). The Kier molecular flexibility index (Phi) is 4.36. The molecule has 3 aromatic rings. The number of halogens is 2. The largest absolute Gasteiger partial charge is 0.360 e. The van der Waals surface area contributed by atoms with Crippen LogP contribution in [-0.4, -0.2) is 16.8 Å². The predicted molar refractivity (Wildman–Crippen MR) is 92.4 cm³/mol. The van der Waals surface area contributed by atoms with Crippen LogP contribution in [-0.2, 0) is 0 Å². The number of hydrazine groups is 1. The number of para-hydroxylation sites is 1. The van der Waals surface area contributed by atoms with E-state index in [0.29, 0.717) is 10.6 Å². The van der Waals surface area contributed by atoms with E-state index < -0.39 is 11.8 Å². The lowest BCUT2D eigenvalue weighted by atomic mass is 10.2. The van der Waals surface area contributed by atoms with E-state index in [1.165, 1.54) is 0 Å². The van der Waals surface area contributed by atoms with E-state index in [4.69, 9.17) is 11.6 Å². The van der Waals surface area contributed by atoms with Gasteiger partial charge in [-0.15, -0.1) is 0 Å². The second kappa shape index (κ2) is 6.44. The molecule has 0 saturated heterocycles. The van der Waals surface area contributed by atoms with E-state index in [1.807, 2.05) is 24.3 Å². The highest BCUT2D eigenvalue weighted by Crippen LogP contribution is 2.21. The van der Waals surface area contributed by atoms with Crippen molar-refractivity contribution in [1.82, 2.24) is 15.8 Å². The van der Waals surface area contributed by atoms with Crippen molar-refractivity contribution in [3.63, 3.8) is 0 Å². The van der Waals surface area contributed by atoms with Gasteiger partial charge in [0.15, 0.2) is 0 Å². The summed E-state index contributed by atoms with van der Waals surface area (Å²) >= 11 is 9.26. The Hall–Kier alpha value is -2.31. The summed E-state index contributed by atoms with van der Waals surface area (Å²) in [6.07, 6.45) is 1.60. The van der Waals surface area contributed by atoms with Gasteiger partial charge in [-0.1, -0.05) is 45.7 Å². The number of fused-ring (bicyclic) bond motifs is 1. The minimum absolute atomic E-state index is 0.264. The molecular weight excluding hydrogens is 382 g/mol. The highest BCUT2D eigenvalue weighted by atomic mass is 79.9. The zero-order valence-electron chi connectivity index (χ0n) is 11.7. The molecule has 0 spiro atoms. The number of hydrogen-bond donors (Lipinski definition) is 3. The number of hydrogen-bond acceptors (Lipinski definition) is 2. The SMILES string of the molecule is O=C(NNC(=O)c1c[nH]c2ccccc12)c1cc(Br)ccc1Cl. The summed E-state index contributed by atoms with van der Waals surface area (Å²) in [5, 5.41) is 1.08. The minimum atomic E-state index is -0.496. The fourth-order valence-corrected chi connectivity index (χ4v) is 2.74. The van der Waals surface area contributed by atoms with Crippen LogP contribution in [0.3, 0.4) is 0 Å². The molecule has 0 unspecified atom stereocenters. The van der Waals surface area contributed by atoms with Crippen molar-refractivity contribution in [2.75, 3.05) is 0 Å². The first kappa shape index (κ1) is 15.6. The number of amides is 2. The lowest BCUT2D eigenvalue weighted by Gasteiger charge is -2.08. The van der Waals surface area contributed by atoms with E-state index in [-0.39, 0.29) is 5.56 Å². The lowest BCUT2D eigenvalue weighted by Crippen LogP contribution is -2.41.